The number of para-hydroxylation sites is 1. The van der Waals surface area contributed by atoms with Crippen LogP contribution in [-0.4, -0.2) is 32.5 Å². The second-order valence-electron chi connectivity index (χ2n) is 7.12. The zero-order valence-corrected chi connectivity index (χ0v) is 16.7. The minimum Gasteiger partial charge on any atom is -0.338 e. The Balaban J connectivity index is 1.81. The van der Waals surface area contributed by atoms with Crippen molar-refractivity contribution in [3.63, 3.8) is 0 Å². The predicted molar refractivity (Wildman–Crippen MR) is 111 cm³/mol. The van der Waals surface area contributed by atoms with Gasteiger partial charge in [-0.3, -0.25) is 14.2 Å². The van der Waals surface area contributed by atoms with E-state index in [1.165, 1.54) is 20.5 Å². The third-order valence-corrected chi connectivity index (χ3v) is 6.37. The summed E-state index contributed by atoms with van der Waals surface area (Å²) in [4.78, 5) is 41.1. The van der Waals surface area contributed by atoms with E-state index in [-0.39, 0.29) is 24.1 Å². The molecule has 6 nitrogen and oxygen atoms in total. The molecule has 7 heteroatoms. The SMILES string of the molecule is CCC1CCCCN1C(=O)Cn1c(=O)n(-c2ccccc2)c(=O)c2sccc21. The second-order valence-corrected chi connectivity index (χ2v) is 8.04. The fourth-order valence-electron chi connectivity index (χ4n) is 4.02. The number of hydrogen-bond acceptors (Lipinski definition) is 4. The number of piperidine rings is 1. The minimum atomic E-state index is -0.472. The van der Waals surface area contributed by atoms with Gasteiger partial charge in [0.25, 0.3) is 5.56 Å². The van der Waals surface area contributed by atoms with Crippen LogP contribution in [0, 0.1) is 0 Å². The van der Waals surface area contributed by atoms with E-state index in [4.69, 9.17) is 0 Å². The summed E-state index contributed by atoms with van der Waals surface area (Å²) in [5, 5.41) is 1.79. The molecule has 2 aromatic heterocycles. The maximum Gasteiger partial charge on any atom is 0.336 e. The van der Waals surface area contributed by atoms with E-state index in [2.05, 4.69) is 6.92 Å². The molecule has 0 bridgehead atoms. The summed E-state index contributed by atoms with van der Waals surface area (Å²) in [6, 6.07) is 10.8. The number of hydrogen-bond donors (Lipinski definition) is 0. The molecule has 1 unspecified atom stereocenters. The smallest absolute Gasteiger partial charge is 0.336 e. The number of likely N-dealkylation sites (tertiary alicyclic amines) is 1. The molecule has 3 aromatic rings. The van der Waals surface area contributed by atoms with Gasteiger partial charge in [-0.1, -0.05) is 25.1 Å². The molecule has 0 aliphatic carbocycles. The molecule has 3 heterocycles. The molecule has 1 aromatic carbocycles. The van der Waals surface area contributed by atoms with E-state index in [1.54, 1.807) is 35.7 Å². The molecular formula is C21H23N3O3S. The fourth-order valence-corrected chi connectivity index (χ4v) is 4.85. The third kappa shape index (κ3) is 3.20. The molecule has 28 heavy (non-hydrogen) atoms. The standard InChI is InChI=1S/C21H23N3O3S/c1-2-15-8-6-7-12-22(15)18(25)14-23-17-11-13-28-19(17)20(26)24(21(23)27)16-9-4-3-5-10-16/h3-5,9-11,13,15H,2,6-8,12,14H2,1H3. The summed E-state index contributed by atoms with van der Waals surface area (Å²) in [7, 11) is 0. The highest BCUT2D eigenvalue weighted by Crippen LogP contribution is 2.21. The molecule has 1 atom stereocenters. The summed E-state index contributed by atoms with van der Waals surface area (Å²) in [5.74, 6) is -0.0561. The van der Waals surface area contributed by atoms with E-state index >= 15 is 0 Å². The molecule has 1 aliphatic heterocycles. The van der Waals surface area contributed by atoms with E-state index < -0.39 is 5.69 Å². The lowest BCUT2D eigenvalue weighted by Gasteiger charge is -2.35. The van der Waals surface area contributed by atoms with Gasteiger partial charge in [0.15, 0.2) is 0 Å². The Hall–Kier alpha value is -2.67. The van der Waals surface area contributed by atoms with Gasteiger partial charge in [0.2, 0.25) is 5.91 Å². The number of nitrogens with zero attached hydrogens (tertiary/aromatic N) is 3. The van der Waals surface area contributed by atoms with Crippen molar-refractivity contribution in [2.45, 2.75) is 45.2 Å². The van der Waals surface area contributed by atoms with Crippen LogP contribution in [0.3, 0.4) is 0 Å². The molecule has 0 N–H and O–H groups in total. The van der Waals surface area contributed by atoms with Crippen LogP contribution in [0.15, 0.2) is 51.4 Å². The summed E-state index contributed by atoms with van der Waals surface area (Å²) >= 11 is 1.30. The molecule has 1 fully saturated rings. The van der Waals surface area contributed by atoms with Crippen LogP contribution < -0.4 is 11.2 Å². The Morgan fingerprint density at radius 2 is 1.93 bits per heavy atom. The molecule has 0 spiro atoms. The van der Waals surface area contributed by atoms with Gasteiger partial charge in [-0.25, -0.2) is 9.36 Å². The molecule has 0 saturated carbocycles. The molecule has 4 rings (SSSR count). The number of carbonyl (C=O) groups excluding carboxylic acids is 1. The van der Waals surface area contributed by atoms with Crippen molar-refractivity contribution in [2.24, 2.45) is 0 Å². The lowest BCUT2D eigenvalue weighted by Crippen LogP contribution is -2.47. The molecular weight excluding hydrogens is 374 g/mol. The second kappa shape index (κ2) is 7.75. The molecule has 0 radical (unpaired) electrons. The van der Waals surface area contributed by atoms with Crippen molar-refractivity contribution in [2.75, 3.05) is 6.54 Å². The highest BCUT2D eigenvalue weighted by molar-refractivity contribution is 7.17. The van der Waals surface area contributed by atoms with Crippen LogP contribution in [0.5, 0.6) is 0 Å². The van der Waals surface area contributed by atoms with Crippen molar-refractivity contribution < 1.29 is 4.79 Å². The maximum absolute atomic E-state index is 13.2. The Bertz CT molecular complexity index is 1110. The lowest BCUT2D eigenvalue weighted by atomic mass is 10.00. The Morgan fingerprint density at radius 3 is 2.68 bits per heavy atom. The largest absolute Gasteiger partial charge is 0.338 e. The molecule has 1 saturated heterocycles. The molecule has 146 valence electrons. The van der Waals surface area contributed by atoms with E-state index in [0.29, 0.717) is 15.9 Å². The minimum absolute atomic E-state index is 0.0460. The van der Waals surface area contributed by atoms with Gasteiger partial charge in [0, 0.05) is 12.6 Å². The Kier molecular flexibility index (Phi) is 5.17. The van der Waals surface area contributed by atoms with Gasteiger partial charge >= 0.3 is 5.69 Å². The zero-order chi connectivity index (χ0) is 19.7. The van der Waals surface area contributed by atoms with Crippen molar-refractivity contribution in [3.8, 4) is 5.69 Å². The van der Waals surface area contributed by atoms with E-state index in [9.17, 15) is 14.4 Å². The van der Waals surface area contributed by atoms with Crippen molar-refractivity contribution in [1.82, 2.24) is 14.0 Å². The van der Waals surface area contributed by atoms with Crippen LogP contribution >= 0.6 is 11.3 Å². The molecule has 1 aliphatic rings. The summed E-state index contributed by atoms with van der Waals surface area (Å²) in [6.45, 7) is 2.78. The zero-order valence-electron chi connectivity index (χ0n) is 15.8. The van der Waals surface area contributed by atoms with E-state index in [0.717, 1.165) is 32.2 Å². The maximum atomic E-state index is 13.2. The van der Waals surface area contributed by atoms with Gasteiger partial charge in [0.05, 0.1) is 11.2 Å². The van der Waals surface area contributed by atoms with Crippen LogP contribution in [0.4, 0.5) is 0 Å². The predicted octanol–water partition coefficient (Wildman–Crippen LogP) is 3.01. The Labute approximate surface area is 166 Å². The van der Waals surface area contributed by atoms with Gasteiger partial charge in [0.1, 0.15) is 11.2 Å². The number of thiophene rings is 1. The third-order valence-electron chi connectivity index (χ3n) is 5.48. The summed E-state index contributed by atoms with van der Waals surface area (Å²) < 4.78 is 3.10. The normalized spacial score (nSPS) is 17.2. The van der Waals surface area contributed by atoms with Gasteiger partial charge < -0.3 is 4.90 Å². The first kappa shape index (κ1) is 18.7. The van der Waals surface area contributed by atoms with Crippen LogP contribution in [0.2, 0.25) is 0 Å². The van der Waals surface area contributed by atoms with Crippen LogP contribution in [0.25, 0.3) is 15.9 Å². The van der Waals surface area contributed by atoms with Crippen molar-refractivity contribution in [3.05, 3.63) is 62.6 Å². The number of rotatable bonds is 4. The van der Waals surface area contributed by atoms with Gasteiger partial charge in [-0.05, 0) is 49.3 Å². The fraction of sp³-hybridized carbons (Fsp3) is 0.381. The van der Waals surface area contributed by atoms with Gasteiger partial charge in [-0.2, -0.15) is 0 Å². The average Bonchev–Trinajstić information content (AvgIpc) is 3.22. The van der Waals surface area contributed by atoms with Gasteiger partial charge in [-0.15, -0.1) is 11.3 Å². The van der Waals surface area contributed by atoms with E-state index in [1.807, 2.05) is 11.0 Å². The summed E-state index contributed by atoms with van der Waals surface area (Å²) in [5.41, 5.74) is 0.235. The lowest BCUT2D eigenvalue weighted by molar-refractivity contribution is -0.135. The topological polar surface area (TPSA) is 64.3 Å². The first-order valence-electron chi connectivity index (χ1n) is 9.69. The van der Waals surface area contributed by atoms with Crippen LogP contribution in [0.1, 0.15) is 32.6 Å². The quantitative estimate of drug-likeness (QED) is 0.680. The van der Waals surface area contributed by atoms with Crippen molar-refractivity contribution >= 4 is 27.5 Å². The van der Waals surface area contributed by atoms with Crippen molar-refractivity contribution in [1.29, 1.82) is 0 Å². The summed E-state index contributed by atoms with van der Waals surface area (Å²) in [6.07, 6.45) is 4.05. The number of benzene rings is 1. The first-order chi connectivity index (χ1) is 13.6. The number of aromatic nitrogens is 2. The Morgan fingerprint density at radius 1 is 1.14 bits per heavy atom. The monoisotopic (exact) mass is 397 g/mol. The first-order valence-corrected chi connectivity index (χ1v) is 10.6. The average molecular weight is 398 g/mol. The number of amides is 1. The number of fused-ring (bicyclic) bond motifs is 1. The highest BCUT2D eigenvalue weighted by atomic mass is 32.1. The van der Waals surface area contributed by atoms with Crippen LogP contribution in [-0.2, 0) is 11.3 Å². The molecule has 1 amide bonds. The number of carbonyl (C=O) groups is 1. The highest BCUT2D eigenvalue weighted by Gasteiger charge is 2.26.